The Morgan fingerprint density at radius 2 is 2.16 bits per heavy atom. The minimum Gasteiger partial charge on any atom is -0.353 e. The molecule has 19 heavy (non-hydrogen) atoms. The molecular formula is C12H22Cl2N4O. The van der Waals surface area contributed by atoms with Gasteiger partial charge in [-0.25, -0.2) is 0 Å². The molecule has 1 aromatic heterocycles. The van der Waals surface area contributed by atoms with Crippen molar-refractivity contribution in [1.82, 2.24) is 15.5 Å². The number of nitrogens with one attached hydrogen (secondary N) is 2. The van der Waals surface area contributed by atoms with E-state index in [9.17, 15) is 4.79 Å². The third-order valence-corrected chi connectivity index (χ3v) is 3.47. The van der Waals surface area contributed by atoms with Crippen molar-refractivity contribution in [1.29, 1.82) is 0 Å². The SMILES string of the molecule is Cl.Cl.NCC1CCCCC1NC(=O)Cc1ccn[nH]1. The number of carbonyl (C=O) groups is 1. The van der Waals surface area contributed by atoms with Crippen LogP contribution in [0.15, 0.2) is 12.3 Å². The maximum atomic E-state index is 11.8. The maximum absolute atomic E-state index is 11.8. The first-order chi connectivity index (χ1) is 8.29. The van der Waals surface area contributed by atoms with Crippen molar-refractivity contribution >= 4 is 30.7 Å². The van der Waals surface area contributed by atoms with Gasteiger partial charge in [-0.15, -0.1) is 24.8 Å². The molecule has 1 aliphatic rings. The smallest absolute Gasteiger partial charge is 0.226 e. The molecule has 0 radical (unpaired) electrons. The lowest BCUT2D eigenvalue weighted by molar-refractivity contribution is -0.121. The fraction of sp³-hybridized carbons (Fsp3) is 0.667. The normalized spacial score (nSPS) is 21.9. The molecule has 1 heterocycles. The van der Waals surface area contributed by atoms with E-state index in [4.69, 9.17) is 5.73 Å². The molecule has 1 aromatic rings. The van der Waals surface area contributed by atoms with Gasteiger partial charge in [0.1, 0.15) is 0 Å². The van der Waals surface area contributed by atoms with E-state index in [2.05, 4.69) is 15.5 Å². The van der Waals surface area contributed by atoms with Gasteiger partial charge in [0, 0.05) is 17.9 Å². The van der Waals surface area contributed by atoms with Gasteiger partial charge in [0.2, 0.25) is 5.91 Å². The molecule has 1 saturated carbocycles. The molecule has 0 aliphatic heterocycles. The van der Waals surface area contributed by atoms with E-state index in [0.29, 0.717) is 18.9 Å². The first-order valence-electron chi connectivity index (χ1n) is 6.27. The number of nitrogens with two attached hydrogens (primary N) is 1. The molecule has 4 N–H and O–H groups in total. The van der Waals surface area contributed by atoms with Crippen molar-refractivity contribution in [3.8, 4) is 0 Å². The molecule has 1 aliphatic carbocycles. The van der Waals surface area contributed by atoms with Gasteiger partial charge < -0.3 is 11.1 Å². The van der Waals surface area contributed by atoms with Crippen LogP contribution >= 0.6 is 24.8 Å². The monoisotopic (exact) mass is 308 g/mol. The summed E-state index contributed by atoms with van der Waals surface area (Å²) in [4.78, 5) is 11.8. The van der Waals surface area contributed by atoms with Gasteiger partial charge in [0.15, 0.2) is 0 Å². The van der Waals surface area contributed by atoms with Crippen LogP contribution in [0.4, 0.5) is 0 Å². The lowest BCUT2D eigenvalue weighted by Gasteiger charge is -2.31. The van der Waals surface area contributed by atoms with Crippen LogP contribution in [-0.4, -0.2) is 28.7 Å². The van der Waals surface area contributed by atoms with Gasteiger partial charge in [-0.2, -0.15) is 5.10 Å². The van der Waals surface area contributed by atoms with Gasteiger partial charge >= 0.3 is 0 Å². The highest BCUT2D eigenvalue weighted by atomic mass is 35.5. The van der Waals surface area contributed by atoms with E-state index in [0.717, 1.165) is 18.5 Å². The molecule has 1 fully saturated rings. The number of halogens is 2. The highest BCUT2D eigenvalue weighted by Crippen LogP contribution is 2.23. The number of hydrogen-bond donors (Lipinski definition) is 3. The first kappa shape index (κ1) is 18.2. The molecule has 7 heteroatoms. The highest BCUT2D eigenvalue weighted by Gasteiger charge is 2.25. The van der Waals surface area contributed by atoms with E-state index in [1.54, 1.807) is 6.20 Å². The Morgan fingerprint density at radius 1 is 1.42 bits per heavy atom. The lowest BCUT2D eigenvalue weighted by atomic mass is 9.84. The predicted octanol–water partition coefficient (Wildman–Crippen LogP) is 1.43. The number of aromatic amines is 1. The molecular weight excluding hydrogens is 287 g/mol. The molecule has 0 aromatic carbocycles. The molecule has 0 saturated heterocycles. The summed E-state index contributed by atoms with van der Waals surface area (Å²) >= 11 is 0. The molecule has 5 nitrogen and oxygen atoms in total. The van der Waals surface area contributed by atoms with Crippen molar-refractivity contribution < 1.29 is 4.79 Å². The Bertz CT molecular complexity index is 359. The van der Waals surface area contributed by atoms with Gasteiger partial charge in [-0.3, -0.25) is 9.89 Å². The third-order valence-electron chi connectivity index (χ3n) is 3.47. The second kappa shape index (κ2) is 9.18. The van der Waals surface area contributed by atoms with Crippen LogP contribution in [0.25, 0.3) is 0 Å². The van der Waals surface area contributed by atoms with Crippen molar-refractivity contribution in [3.05, 3.63) is 18.0 Å². The molecule has 2 unspecified atom stereocenters. The van der Waals surface area contributed by atoms with E-state index in [-0.39, 0.29) is 36.8 Å². The fourth-order valence-electron chi connectivity index (χ4n) is 2.49. The van der Waals surface area contributed by atoms with Crippen LogP contribution in [0.2, 0.25) is 0 Å². The highest BCUT2D eigenvalue weighted by molar-refractivity contribution is 5.85. The van der Waals surface area contributed by atoms with Crippen molar-refractivity contribution in [2.45, 2.75) is 38.1 Å². The van der Waals surface area contributed by atoms with Crippen LogP contribution in [0.1, 0.15) is 31.4 Å². The Balaban J connectivity index is 0.00000162. The summed E-state index contributed by atoms with van der Waals surface area (Å²) in [7, 11) is 0. The number of amides is 1. The summed E-state index contributed by atoms with van der Waals surface area (Å²) in [6, 6.07) is 2.07. The van der Waals surface area contributed by atoms with Crippen LogP contribution in [0.5, 0.6) is 0 Å². The maximum Gasteiger partial charge on any atom is 0.226 e. The Morgan fingerprint density at radius 3 is 2.79 bits per heavy atom. The van der Waals surface area contributed by atoms with E-state index >= 15 is 0 Å². The lowest BCUT2D eigenvalue weighted by Crippen LogP contribution is -2.45. The topological polar surface area (TPSA) is 83.8 Å². The summed E-state index contributed by atoms with van der Waals surface area (Å²) in [5.41, 5.74) is 6.59. The first-order valence-corrected chi connectivity index (χ1v) is 6.27. The number of aromatic nitrogens is 2. The number of hydrogen-bond acceptors (Lipinski definition) is 3. The summed E-state index contributed by atoms with van der Waals surface area (Å²) in [5.74, 6) is 0.495. The zero-order valence-corrected chi connectivity index (χ0v) is 12.4. The standard InChI is InChI=1S/C12H20N4O.2ClH/c13-8-9-3-1-2-4-11(9)15-12(17)7-10-5-6-14-16-10;;/h5-6,9,11H,1-4,7-8,13H2,(H,14,16)(H,15,17);2*1H. The average Bonchev–Trinajstić information content (AvgIpc) is 2.82. The number of carbonyl (C=O) groups excluding carboxylic acids is 1. The molecule has 110 valence electrons. The Hall–Kier alpha value is -0.780. The van der Waals surface area contributed by atoms with Gasteiger partial charge in [0.05, 0.1) is 6.42 Å². The number of H-pyrrole nitrogens is 1. The molecule has 2 atom stereocenters. The molecule has 0 bridgehead atoms. The Labute approximate surface area is 125 Å². The van der Waals surface area contributed by atoms with Crippen molar-refractivity contribution in [2.75, 3.05) is 6.54 Å². The summed E-state index contributed by atoms with van der Waals surface area (Å²) in [5, 5.41) is 9.71. The second-order valence-electron chi connectivity index (χ2n) is 4.71. The van der Waals surface area contributed by atoms with E-state index < -0.39 is 0 Å². The number of rotatable bonds is 4. The zero-order valence-electron chi connectivity index (χ0n) is 10.8. The zero-order chi connectivity index (χ0) is 12.1. The summed E-state index contributed by atoms with van der Waals surface area (Å²) in [6.45, 7) is 0.662. The number of nitrogens with zero attached hydrogens (tertiary/aromatic N) is 1. The van der Waals surface area contributed by atoms with Crippen LogP contribution in [-0.2, 0) is 11.2 Å². The molecule has 1 amide bonds. The third kappa shape index (κ3) is 5.38. The minimum absolute atomic E-state index is 0. The van der Waals surface area contributed by atoms with Crippen LogP contribution in [0.3, 0.4) is 0 Å². The average molecular weight is 309 g/mol. The molecule has 0 spiro atoms. The largest absolute Gasteiger partial charge is 0.353 e. The van der Waals surface area contributed by atoms with Gasteiger partial charge in [-0.1, -0.05) is 12.8 Å². The van der Waals surface area contributed by atoms with Crippen LogP contribution in [0, 0.1) is 5.92 Å². The van der Waals surface area contributed by atoms with Gasteiger partial charge in [0.25, 0.3) is 0 Å². The molecule has 2 rings (SSSR count). The Kier molecular flexibility index (Phi) is 8.80. The van der Waals surface area contributed by atoms with E-state index in [1.165, 1.54) is 12.8 Å². The fourth-order valence-corrected chi connectivity index (χ4v) is 2.49. The quantitative estimate of drug-likeness (QED) is 0.786. The summed E-state index contributed by atoms with van der Waals surface area (Å²) < 4.78 is 0. The van der Waals surface area contributed by atoms with Gasteiger partial charge in [-0.05, 0) is 31.4 Å². The van der Waals surface area contributed by atoms with Crippen molar-refractivity contribution in [3.63, 3.8) is 0 Å². The van der Waals surface area contributed by atoms with Crippen molar-refractivity contribution in [2.24, 2.45) is 11.7 Å². The minimum atomic E-state index is 0. The van der Waals surface area contributed by atoms with E-state index in [1.807, 2.05) is 6.07 Å². The summed E-state index contributed by atoms with van der Waals surface area (Å²) in [6.07, 6.45) is 6.63. The predicted molar refractivity (Wildman–Crippen MR) is 79.7 cm³/mol. The second-order valence-corrected chi connectivity index (χ2v) is 4.71. The van der Waals surface area contributed by atoms with Crippen LogP contribution < -0.4 is 11.1 Å².